The maximum absolute atomic E-state index is 11.8. The van der Waals surface area contributed by atoms with E-state index in [-0.39, 0.29) is 18.0 Å². The highest BCUT2D eigenvalue weighted by molar-refractivity contribution is 5.79. The number of carbonyl (C=O) groups is 1. The SMILES string of the molecule is C#C[C@@](C)(CC)NC(=O)Cc1ccc([N+](=O)[O-])cc1. The predicted octanol–water partition coefficient (Wildman–Crippen LogP) is 2.06. The first-order chi connectivity index (χ1) is 8.90. The average molecular weight is 260 g/mol. The predicted molar refractivity (Wildman–Crippen MR) is 72.5 cm³/mol. The molecule has 0 bridgehead atoms. The molecule has 1 N–H and O–H groups in total. The fourth-order valence-electron chi connectivity index (χ4n) is 1.50. The van der Waals surface area contributed by atoms with Crippen LogP contribution in [0.3, 0.4) is 0 Å². The van der Waals surface area contributed by atoms with Crippen molar-refractivity contribution in [3.05, 3.63) is 39.9 Å². The van der Waals surface area contributed by atoms with Gasteiger partial charge in [0.15, 0.2) is 0 Å². The van der Waals surface area contributed by atoms with Crippen LogP contribution in [0.15, 0.2) is 24.3 Å². The van der Waals surface area contributed by atoms with Gasteiger partial charge in [-0.05, 0) is 18.9 Å². The molecular weight excluding hydrogens is 244 g/mol. The standard InChI is InChI=1S/C14H16N2O3/c1-4-14(3,5-2)15-13(17)10-11-6-8-12(9-7-11)16(18)19/h1,6-9H,5,10H2,2-3H3,(H,15,17)/t14-/m0/s1. The molecule has 1 rings (SSSR count). The molecule has 0 unspecified atom stereocenters. The lowest BCUT2D eigenvalue weighted by molar-refractivity contribution is -0.384. The first-order valence-corrected chi connectivity index (χ1v) is 5.92. The van der Waals surface area contributed by atoms with E-state index in [1.165, 1.54) is 12.1 Å². The van der Waals surface area contributed by atoms with E-state index in [2.05, 4.69) is 11.2 Å². The van der Waals surface area contributed by atoms with Gasteiger partial charge in [0, 0.05) is 12.1 Å². The molecule has 19 heavy (non-hydrogen) atoms. The van der Waals surface area contributed by atoms with Crippen molar-refractivity contribution in [1.82, 2.24) is 5.32 Å². The zero-order valence-corrected chi connectivity index (χ0v) is 11.0. The number of non-ortho nitro benzene ring substituents is 1. The van der Waals surface area contributed by atoms with E-state index in [1.54, 1.807) is 19.1 Å². The Balaban J connectivity index is 2.68. The van der Waals surface area contributed by atoms with E-state index in [0.717, 1.165) is 0 Å². The number of terminal acetylenes is 1. The number of nitro groups is 1. The van der Waals surface area contributed by atoms with Gasteiger partial charge in [-0.15, -0.1) is 6.42 Å². The Labute approximate surface area is 112 Å². The molecule has 0 heterocycles. The van der Waals surface area contributed by atoms with Crippen molar-refractivity contribution in [2.45, 2.75) is 32.2 Å². The minimum Gasteiger partial charge on any atom is -0.340 e. The lowest BCUT2D eigenvalue weighted by Crippen LogP contribution is -2.44. The molecule has 0 aromatic heterocycles. The van der Waals surface area contributed by atoms with E-state index in [1.807, 2.05) is 6.92 Å². The molecule has 0 aliphatic carbocycles. The van der Waals surface area contributed by atoms with Crippen LogP contribution in [0, 0.1) is 22.5 Å². The molecule has 0 aliphatic rings. The molecule has 1 amide bonds. The number of nitro benzene ring substituents is 1. The number of rotatable bonds is 5. The number of carbonyl (C=O) groups excluding carboxylic acids is 1. The lowest BCUT2D eigenvalue weighted by atomic mass is 9.99. The highest BCUT2D eigenvalue weighted by Crippen LogP contribution is 2.13. The van der Waals surface area contributed by atoms with Crippen molar-refractivity contribution in [3.63, 3.8) is 0 Å². The van der Waals surface area contributed by atoms with Crippen LogP contribution in [0.5, 0.6) is 0 Å². The zero-order chi connectivity index (χ0) is 14.5. The second kappa shape index (κ2) is 6.01. The van der Waals surface area contributed by atoms with Crippen molar-refractivity contribution in [3.8, 4) is 12.3 Å². The number of hydrogen-bond acceptors (Lipinski definition) is 3. The Bertz CT molecular complexity index is 516. The quantitative estimate of drug-likeness (QED) is 0.500. The number of amides is 1. The minimum absolute atomic E-state index is 0.00572. The van der Waals surface area contributed by atoms with Crippen LogP contribution in [-0.2, 0) is 11.2 Å². The summed E-state index contributed by atoms with van der Waals surface area (Å²) in [5, 5.41) is 13.3. The summed E-state index contributed by atoms with van der Waals surface area (Å²) >= 11 is 0. The Hall–Kier alpha value is -2.35. The third kappa shape index (κ3) is 4.11. The summed E-state index contributed by atoms with van der Waals surface area (Å²) in [6.45, 7) is 3.67. The van der Waals surface area contributed by atoms with E-state index in [4.69, 9.17) is 6.42 Å². The molecule has 0 saturated heterocycles. The van der Waals surface area contributed by atoms with Crippen LogP contribution < -0.4 is 5.32 Å². The molecule has 1 aromatic rings. The Morgan fingerprint density at radius 1 is 1.47 bits per heavy atom. The van der Waals surface area contributed by atoms with Crippen LogP contribution in [0.4, 0.5) is 5.69 Å². The summed E-state index contributed by atoms with van der Waals surface area (Å²) < 4.78 is 0. The van der Waals surface area contributed by atoms with Gasteiger partial charge in [0.1, 0.15) is 0 Å². The summed E-state index contributed by atoms with van der Waals surface area (Å²) in [4.78, 5) is 21.9. The topological polar surface area (TPSA) is 72.2 Å². The summed E-state index contributed by atoms with van der Waals surface area (Å²) in [5.74, 6) is 2.35. The number of benzene rings is 1. The average Bonchev–Trinajstić information content (AvgIpc) is 2.39. The maximum Gasteiger partial charge on any atom is 0.269 e. The number of hydrogen-bond donors (Lipinski definition) is 1. The third-order valence-corrected chi connectivity index (χ3v) is 2.95. The monoisotopic (exact) mass is 260 g/mol. The van der Waals surface area contributed by atoms with Gasteiger partial charge >= 0.3 is 0 Å². The second-order valence-corrected chi connectivity index (χ2v) is 4.48. The first-order valence-electron chi connectivity index (χ1n) is 5.92. The largest absolute Gasteiger partial charge is 0.340 e. The van der Waals surface area contributed by atoms with Gasteiger partial charge in [-0.3, -0.25) is 14.9 Å². The molecule has 0 radical (unpaired) electrons. The van der Waals surface area contributed by atoms with Crippen molar-refractivity contribution >= 4 is 11.6 Å². The van der Waals surface area contributed by atoms with Crippen molar-refractivity contribution < 1.29 is 9.72 Å². The fourth-order valence-corrected chi connectivity index (χ4v) is 1.50. The fraction of sp³-hybridized carbons (Fsp3) is 0.357. The molecule has 5 heteroatoms. The molecular formula is C14H16N2O3. The van der Waals surface area contributed by atoms with Gasteiger partial charge in [0.25, 0.3) is 5.69 Å². The molecule has 0 spiro atoms. The smallest absolute Gasteiger partial charge is 0.269 e. The Kier molecular flexibility index (Phi) is 4.65. The van der Waals surface area contributed by atoms with Crippen molar-refractivity contribution in [2.75, 3.05) is 0 Å². The Morgan fingerprint density at radius 3 is 2.47 bits per heavy atom. The molecule has 0 saturated carbocycles. The zero-order valence-electron chi connectivity index (χ0n) is 11.0. The first kappa shape index (κ1) is 14.7. The van der Waals surface area contributed by atoms with Crippen LogP contribution >= 0.6 is 0 Å². The second-order valence-electron chi connectivity index (χ2n) is 4.48. The highest BCUT2D eigenvalue weighted by Gasteiger charge is 2.21. The molecule has 5 nitrogen and oxygen atoms in total. The van der Waals surface area contributed by atoms with Crippen molar-refractivity contribution in [1.29, 1.82) is 0 Å². The highest BCUT2D eigenvalue weighted by atomic mass is 16.6. The lowest BCUT2D eigenvalue weighted by Gasteiger charge is -2.23. The van der Waals surface area contributed by atoms with Gasteiger partial charge in [-0.2, -0.15) is 0 Å². The summed E-state index contributed by atoms with van der Waals surface area (Å²) in [6.07, 6.45) is 6.16. The van der Waals surface area contributed by atoms with Crippen LogP contribution in [0.1, 0.15) is 25.8 Å². The molecule has 1 atom stereocenters. The molecule has 0 fully saturated rings. The van der Waals surface area contributed by atoms with Gasteiger partial charge < -0.3 is 5.32 Å². The number of nitrogens with one attached hydrogen (secondary N) is 1. The maximum atomic E-state index is 11.8. The van der Waals surface area contributed by atoms with E-state index in [9.17, 15) is 14.9 Å². The van der Waals surface area contributed by atoms with Crippen molar-refractivity contribution in [2.24, 2.45) is 0 Å². The molecule has 100 valence electrons. The normalized spacial score (nSPS) is 13.1. The van der Waals surface area contributed by atoms with E-state index < -0.39 is 10.5 Å². The van der Waals surface area contributed by atoms with Crippen LogP contribution in [0.25, 0.3) is 0 Å². The van der Waals surface area contributed by atoms with E-state index in [0.29, 0.717) is 12.0 Å². The Morgan fingerprint density at radius 2 is 2.05 bits per heavy atom. The van der Waals surface area contributed by atoms with Gasteiger partial charge in [-0.25, -0.2) is 0 Å². The summed E-state index contributed by atoms with van der Waals surface area (Å²) in [7, 11) is 0. The summed E-state index contributed by atoms with van der Waals surface area (Å²) in [6, 6.07) is 5.89. The van der Waals surface area contributed by atoms with Crippen LogP contribution in [0.2, 0.25) is 0 Å². The minimum atomic E-state index is -0.655. The van der Waals surface area contributed by atoms with Gasteiger partial charge in [0.05, 0.1) is 16.9 Å². The van der Waals surface area contributed by atoms with Gasteiger partial charge in [0.2, 0.25) is 5.91 Å². The number of nitrogens with zero attached hydrogens (tertiary/aromatic N) is 1. The molecule has 0 aliphatic heterocycles. The summed E-state index contributed by atoms with van der Waals surface area (Å²) in [5.41, 5.74) is 0.0578. The van der Waals surface area contributed by atoms with Gasteiger partial charge in [-0.1, -0.05) is 25.0 Å². The third-order valence-electron chi connectivity index (χ3n) is 2.95. The molecule has 1 aromatic carbocycles. The van der Waals surface area contributed by atoms with E-state index >= 15 is 0 Å². The van der Waals surface area contributed by atoms with Crippen LogP contribution in [-0.4, -0.2) is 16.4 Å².